The van der Waals surface area contributed by atoms with Gasteiger partial charge < -0.3 is 25.1 Å². The Morgan fingerprint density at radius 2 is 2.21 bits per heavy atom. The Kier molecular flexibility index (Phi) is 5.29. The summed E-state index contributed by atoms with van der Waals surface area (Å²) in [5, 5.41) is 6.42. The van der Waals surface area contributed by atoms with Crippen LogP contribution in [-0.4, -0.2) is 64.2 Å². The van der Waals surface area contributed by atoms with Gasteiger partial charge in [-0.25, -0.2) is 13.4 Å². The highest BCUT2D eigenvalue weighted by molar-refractivity contribution is 7.90. The van der Waals surface area contributed by atoms with E-state index < -0.39 is 9.84 Å². The first-order valence-corrected chi connectivity index (χ1v) is 11.1. The molecule has 3 heterocycles. The van der Waals surface area contributed by atoms with Crippen molar-refractivity contribution >= 4 is 33.0 Å². The van der Waals surface area contributed by atoms with Gasteiger partial charge in [-0.1, -0.05) is 0 Å². The number of methoxy groups -OCH3 is 1. The Balaban J connectivity index is 1.61. The number of benzene rings is 1. The molecule has 1 fully saturated rings. The molecule has 10 heteroatoms. The summed E-state index contributed by atoms with van der Waals surface area (Å²) < 4.78 is 34.4. The van der Waals surface area contributed by atoms with Crippen LogP contribution in [0.4, 0.5) is 11.5 Å². The first-order chi connectivity index (χ1) is 13.9. The highest BCUT2D eigenvalue weighted by atomic mass is 32.2. The van der Waals surface area contributed by atoms with Crippen molar-refractivity contribution in [1.29, 1.82) is 0 Å². The minimum Gasteiger partial charge on any atom is -0.495 e. The number of sulfone groups is 1. The molecule has 0 unspecified atom stereocenters. The maximum absolute atomic E-state index is 11.8. The van der Waals surface area contributed by atoms with E-state index in [4.69, 9.17) is 14.5 Å². The Morgan fingerprint density at radius 1 is 1.34 bits per heavy atom. The number of rotatable bonds is 4. The number of aromatic amines is 1. The van der Waals surface area contributed by atoms with Gasteiger partial charge >= 0.3 is 0 Å². The van der Waals surface area contributed by atoms with Crippen molar-refractivity contribution in [3.05, 3.63) is 36.0 Å². The predicted octanol–water partition coefficient (Wildman–Crippen LogP) is 1.90. The average Bonchev–Trinajstić information content (AvgIpc) is 3.33. The van der Waals surface area contributed by atoms with Gasteiger partial charge in [0.2, 0.25) is 5.96 Å². The summed E-state index contributed by atoms with van der Waals surface area (Å²) in [7, 11) is -1.83. The minimum absolute atomic E-state index is 0.154. The molecule has 29 heavy (non-hydrogen) atoms. The van der Waals surface area contributed by atoms with Crippen molar-refractivity contribution < 1.29 is 17.9 Å². The second kappa shape index (κ2) is 7.88. The summed E-state index contributed by atoms with van der Waals surface area (Å²) in [4.78, 5) is 12.8. The van der Waals surface area contributed by atoms with E-state index in [1.54, 1.807) is 6.07 Å². The van der Waals surface area contributed by atoms with Crippen molar-refractivity contribution in [1.82, 2.24) is 4.98 Å². The fourth-order valence-corrected chi connectivity index (χ4v) is 3.91. The van der Waals surface area contributed by atoms with Crippen LogP contribution in [0.25, 0.3) is 0 Å². The van der Waals surface area contributed by atoms with Crippen molar-refractivity contribution in [2.45, 2.75) is 17.4 Å². The summed E-state index contributed by atoms with van der Waals surface area (Å²) in [6.07, 6.45) is 3.92. The first kappa shape index (κ1) is 19.5. The molecule has 1 aromatic heterocycles. The van der Waals surface area contributed by atoms with Crippen LogP contribution in [0.2, 0.25) is 0 Å². The van der Waals surface area contributed by atoms with Gasteiger partial charge in [-0.2, -0.15) is 0 Å². The summed E-state index contributed by atoms with van der Waals surface area (Å²) >= 11 is 0. The topological polar surface area (TPSA) is 117 Å². The zero-order valence-corrected chi connectivity index (χ0v) is 17.0. The van der Waals surface area contributed by atoms with Crippen LogP contribution in [-0.2, 0) is 14.6 Å². The van der Waals surface area contributed by atoms with Crippen LogP contribution < -0.4 is 15.4 Å². The number of H-pyrrole nitrogens is 1. The SMILES string of the molecule is COc1cc(S(C)(=O)=O)ccc1NC1=NCC(=N[C@@H]2CCOC2)c2cc[nH]c2N1. The number of anilines is 2. The number of nitrogens with zero attached hydrogens (tertiary/aromatic N) is 2. The highest BCUT2D eigenvalue weighted by Crippen LogP contribution is 2.28. The lowest BCUT2D eigenvalue weighted by Crippen LogP contribution is -2.22. The summed E-state index contributed by atoms with van der Waals surface area (Å²) in [6.45, 7) is 1.77. The normalized spacial score (nSPS) is 20.6. The number of aliphatic imine (C=N–C) groups is 2. The van der Waals surface area contributed by atoms with Crippen LogP contribution >= 0.6 is 0 Å². The van der Waals surface area contributed by atoms with Crippen LogP contribution in [0.1, 0.15) is 12.0 Å². The maximum Gasteiger partial charge on any atom is 0.201 e. The largest absolute Gasteiger partial charge is 0.495 e. The van der Waals surface area contributed by atoms with E-state index in [1.165, 1.54) is 19.2 Å². The molecule has 2 aliphatic heterocycles. The minimum atomic E-state index is -3.33. The Bertz CT molecular complexity index is 1070. The van der Waals surface area contributed by atoms with Gasteiger partial charge in [-0.3, -0.25) is 4.99 Å². The predicted molar refractivity (Wildman–Crippen MR) is 112 cm³/mol. The Morgan fingerprint density at radius 3 is 2.93 bits per heavy atom. The molecule has 0 spiro atoms. The molecule has 0 radical (unpaired) electrons. The smallest absolute Gasteiger partial charge is 0.201 e. The molecule has 4 rings (SSSR count). The van der Waals surface area contributed by atoms with Crippen molar-refractivity contribution in [3.63, 3.8) is 0 Å². The number of aromatic nitrogens is 1. The van der Waals surface area contributed by atoms with E-state index in [0.717, 1.165) is 36.4 Å². The molecule has 0 aliphatic carbocycles. The molecule has 1 atom stereocenters. The molecular formula is C19H23N5O4S. The second-order valence-corrected chi connectivity index (χ2v) is 8.92. The van der Waals surface area contributed by atoms with Crippen LogP contribution in [0.15, 0.2) is 45.3 Å². The highest BCUT2D eigenvalue weighted by Gasteiger charge is 2.21. The first-order valence-electron chi connectivity index (χ1n) is 9.23. The van der Waals surface area contributed by atoms with E-state index in [9.17, 15) is 8.42 Å². The average molecular weight is 417 g/mol. The zero-order chi connectivity index (χ0) is 20.4. The van der Waals surface area contributed by atoms with Crippen LogP contribution in [0, 0.1) is 0 Å². The van der Waals surface area contributed by atoms with Gasteiger partial charge in [0.15, 0.2) is 9.84 Å². The van der Waals surface area contributed by atoms with Gasteiger partial charge in [0.05, 0.1) is 42.6 Å². The molecule has 1 saturated heterocycles. The van der Waals surface area contributed by atoms with Crippen LogP contribution in [0.3, 0.4) is 0 Å². The maximum atomic E-state index is 11.8. The van der Waals surface area contributed by atoms with E-state index >= 15 is 0 Å². The molecule has 0 amide bonds. The number of ether oxygens (including phenoxy) is 2. The molecule has 2 aromatic rings. The van der Waals surface area contributed by atoms with Gasteiger partial charge in [-0.15, -0.1) is 0 Å². The summed E-state index contributed by atoms with van der Waals surface area (Å²) in [6, 6.07) is 6.80. The third-order valence-corrected chi connectivity index (χ3v) is 5.90. The number of hydrogen-bond donors (Lipinski definition) is 3. The van der Waals surface area contributed by atoms with Gasteiger partial charge in [0.1, 0.15) is 11.6 Å². The number of fused-ring (bicyclic) bond motifs is 1. The van der Waals surface area contributed by atoms with E-state index in [-0.39, 0.29) is 10.9 Å². The zero-order valence-electron chi connectivity index (χ0n) is 16.2. The monoisotopic (exact) mass is 417 g/mol. The molecule has 3 N–H and O–H groups in total. The van der Waals surface area contributed by atoms with Gasteiger partial charge in [0, 0.05) is 30.7 Å². The fourth-order valence-electron chi connectivity index (χ4n) is 3.27. The van der Waals surface area contributed by atoms with E-state index in [1.807, 2.05) is 12.3 Å². The third kappa shape index (κ3) is 4.28. The molecular weight excluding hydrogens is 394 g/mol. The number of hydrogen-bond acceptors (Lipinski definition) is 8. The lowest BCUT2D eigenvalue weighted by Gasteiger charge is -2.14. The summed E-state index contributed by atoms with van der Waals surface area (Å²) in [5.74, 6) is 1.70. The standard InChI is InChI=1S/C19H23N5O4S/c1-27-17-9-13(29(2,25)26)3-4-15(17)23-19-21-10-16(22-12-6-8-28-11-12)14-5-7-20-18(14)24-19/h3-5,7,9,12,20H,6,8,10-11H2,1-2H3,(H2,21,23,24)/t12-/m1/s1. The lowest BCUT2D eigenvalue weighted by atomic mass is 10.1. The molecule has 2 aliphatic rings. The molecule has 1 aromatic carbocycles. The third-order valence-electron chi connectivity index (χ3n) is 4.79. The molecule has 0 bridgehead atoms. The molecule has 0 saturated carbocycles. The van der Waals surface area contributed by atoms with Crippen molar-refractivity contribution in [2.75, 3.05) is 43.8 Å². The summed E-state index contributed by atoms with van der Waals surface area (Å²) in [5.41, 5.74) is 2.46. The quantitative estimate of drug-likeness (QED) is 0.699. The van der Waals surface area contributed by atoms with Crippen LogP contribution in [0.5, 0.6) is 5.75 Å². The Labute approximate surface area is 169 Å². The van der Waals surface area contributed by atoms with Crippen molar-refractivity contribution in [2.24, 2.45) is 9.98 Å². The number of nitrogens with one attached hydrogen (secondary N) is 3. The van der Waals surface area contributed by atoms with E-state index in [0.29, 0.717) is 30.5 Å². The number of guanidine groups is 1. The fraction of sp³-hybridized carbons (Fsp3) is 0.368. The Hall–Kier alpha value is -2.85. The molecule has 9 nitrogen and oxygen atoms in total. The molecule has 154 valence electrons. The lowest BCUT2D eigenvalue weighted by molar-refractivity contribution is 0.194. The van der Waals surface area contributed by atoms with Gasteiger partial charge in [-0.05, 0) is 24.6 Å². The van der Waals surface area contributed by atoms with E-state index in [2.05, 4.69) is 20.6 Å². The second-order valence-electron chi connectivity index (χ2n) is 6.91. The van der Waals surface area contributed by atoms with Gasteiger partial charge in [0.25, 0.3) is 0 Å². The van der Waals surface area contributed by atoms with Crippen molar-refractivity contribution in [3.8, 4) is 5.75 Å².